The molecule has 1 amide bonds. The number of carbonyl (C=O) groups excluding carboxylic acids is 1. The highest BCUT2D eigenvalue weighted by Gasteiger charge is 2.54. The molecule has 2 aliphatic carbocycles. The van der Waals surface area contributed by atoms with Gasteiger partial charge in [0.25, 0.3) is 0 Å². The lowest BCUT2D eigenvalue weighted by Gasteiger charge is -2.53. The quantitative estimate of drug-likeness (QED) is 0.454. The molecule has 190 valence electrons. The SMILES string of the molecule is CC(C(=O)N1CCSCC1)C1CCC2(C)Cc3sc(Nc4c(Cl)cccc4Cl)nc3C(C)C2C1O. The van der Waals surface area contributed by atoms with Crippen molar-refractivity contribution in [3.05, 3.63) is 38.8 Å². The van der Waals surface area contributed by atoms with Crippen LogP contribution in [0, 0.1) is 23.2 Å². The first kappa shape index (κ1) is 25.7. The summed E-state index contributed by atoms with van der Waals surface area (Å²) in [5.74, 6) is 2.21. The van der Waals surface area contributed by atoms with Crippen LogP contribution in [0.2, 0.25) is 10.0 Å². The second kappa shape index (κ2) is 10.1. The number of anilines is 2. The number of hydrogen-bond acceptors (Lipinski definition) is 6. The van der Waals surface area contributed by atoms with Crippen LogP contribution in [0.25, 0.3) is 0 Å². The van der Waals surface area contributed by atoms with E-state index >= 15 is 0 Å². The van der Waals surface area contributed by atoms with Gasteiger partial charge >= 0.3 is 0 Å². The number of halogens is 2. The van der Waals surface area contributed by atoms with E-state index in [1.165, 1.54) is 4.88 Å². The fraction of sp³-hybridized carbons (Fsp3) is 0.615. The van der Waals surface area contributed by atoms with Gasteiger partial charge in [-0.25, -0.2) is 4.98 Å². The van der Waals surface area contributed by atoms with Crippen molar-refractivity contribution < 1.29 is 9.90 Å². The second-order valence-corrected chi connectivity index (χ2v) is 13.7. The second-order valence-electron chi connectivity index (χ2n) is 10.6. The summed E-state index contributed by atoms with van der Waals surface area (Å²) in [6.45, 7) is 8.16. The molecule has 1 aliphatic heterocycles. The largest absolute Gasteiger partial charge is 0.392 e. The molecule has 2 N–H and O–H groups in total. The van der Waals surface area contributed by atoms with Gasteiger partial charge in [-0.05, 0) is 48.6 Å². The smallest absolute Gasteiger partial charge is 0.225 e. The zero-order valence-corrected chi connectivity index (χ0v) is 23.5. The van der Waals surface area contributed by atoms with Crippen molar-refractivity contribution in [2.24, 2.45) is 23.2 Å². The van der Waals surface area contributed by atoms with E-state index < -0.39 is 6.10 Å². The van der Waals surface area contributed by atoms with E-state index in [0.29, 0.717) is 15.7 Å². The molecule has 1 saturated heterocycles. The van der Waals surface area contributed by atoms with Gasteiger partial charge in [-0.3, -0.25) is 4.79 Å². The number of nitrogens with zero attached hydrogens (tertiary/aromatic N) is 2. The molecule has 2 fully saturated rings. The van der Waals surface area contributed by atoms with Crippen LogP contribution < -0.4 is 5.32 Å². The van der Waals surface area contributed by atoms with E-state index in [1.807, 2.05) is 41.8 Å². The first-order chi connectivity index (χ1) is 16.7. The third kappa shape index (κ3) is 4.72. The standard InChI is InChI=1S/C26H33Cl2N3O2S2/c1-14(24(33)31-9-11-34-12-10-31)16-7-8-26(3)13-19-21(15(2)20(26)23(16)32)29-25(35-19)30-22-17(27)5-4-6-18(22)28/h4-6,14-16,20,23,32H,7-13H2,1-3H3,(H,29,30). The van der Waals surface area contributed by atoms with Gasteiger partial charge in [0.15, 0.2) is 5.13 Å². The molecule has 1 aromatic carbocycles. The van der Waals surface area contributed by atoms with Gasteiger partial charge in [0.1, 0.15) is 0 Å². The monoisotopic (exact) mass is 553 g/mol. The lowest BCUT2D eigenvalue weighted by molar-refractivity contribution is -0.144. The first-order valence-electron chi connectivity index (χ1n) is 12.4. The van der Waals surface area contributed by atoms with Crippen LogP contribution in [0.3, 0.4) is 0 Å². The average molecular weight is 555 g/mol. The van der Waals surface area contributed by atoms with Gasteiger partial charge in [0, 0.05) is 41.3 Å². The number of amides is 1. The number of para-hydroxylation sites is 1. The Kier molecular flexibility index (Phi) is 7.37. The predicted octanol–water partition coefficient (Wildman–Crippen LogP) is 6.46. The summed E-state index contributed by atoms with van der Waals surface area (Å²) in [4.78, 5) is 21.5. The Bertz CT molecular complexity index is 1090. The minimum absolute atomic E-state index is 0.0152. The number of fused-ring (bicyclic) bond motifs is 2. The van der Waals surface area contributed by atoms with Crippen molar-refractivity contribution in [1.29, 1.82) is 0 Å². The normalized spacial score (nSPS) is 31.4. The van der Waals surface area contributed by atoms with Crippen LogP contribution in [0.1, 0.15) is 50.1 Å². The minimum Gasteiger partial charge on any atom is -0.392 e. The van der Waals surface area contributed by atoms with E-state index in [4.69, 9.17) is 28.2 Å². The average Bonchev–Trinajstić information content (AvgIpc) is 3.23. The maximum absolute atomic E-state index is 13.3. The summed E-state index contributed by atoms with van der Waals surface area (Å²) < 4.78 is 0. The molecule has 3 aliphatic rings. The van der Waals surface area contributed by atoms with Gasteiger partial charge < -0.3 is 15.3 Å². The molecule has 1 saturated carbocycles. The summed E-state index contributed by atoms with van der Waals surface area (Å²) in [7, 11) is 0. The molecule has 6 atom stereocenters. The van der Waals surface area contributed by atoms with E-state index in [-0.39, 0.29) is 35.0 Å². The third-order valence-corrected chi connectivity index (χ3v) is 11.0. The fourth-order valence-corrected chi connectivity index (χ4v) is 9.24. The number of benzene rings is 1. The van der Waals surface area contributed by atoms with Crippen LogP contribution in [0.5, 0.6) is 0 Å². The molecule has 6 unspecified atom stereocenters. The third-order valence-electron chi connectivity index (χ3n) is 8.47. The summed E-state index contributed by atoms with van der Waals surface area (Å²) in [5, 5.41) is 16.9. The Morgan fingerprint density at radius 3 is 2.66 bits per heavy atom. The Hall–Kier alpha value is -0.990. The van der Waals surface area contributed by atoms with Crippen LogP contribution in [-0.2, 0) is 11.2 Å². The number of hydrogen-bond donors (Lipinski definition) is 2. The topological polar surface area (TPSA) is 65.5 Å². The van der Waals surface area contributed by atoms with Gasteiger partial charge in [-0.1, -0.05) is 50.0 Å². The highest BCUT2D eigenvalue weighted by Crippen LogP contribution is 2.57. The van der Waals surface area contributed by atoms with Crippen molar-refractivity contribution in [1.82, 2.24) is 9.88 Å². The lowest BCUT2D eigenvalue weighted by atomic mass is 9.53. The molecule has 1 aromatic heterocycles. The number of rotatable bonds is 4. The molecule has 5 rings (SSSR count). The van der Waals surface area contributed by atoms with Crippen LogP contribution in [0.15, 0.2) is 18.2 Å². The summed E-state index contributed by atoms with van der Waals surface area (Å²) in [5.41, 5.74) is 1.70. The van der Waals surface area contributed by atoms with Gasteiger partial charge in [-0.15, -0.1) is 11.3 Å². The Morgan fingerprint density at radius 2 is 1.97 bits per heavy atom. The summed E-state index contributed by atoms with van der Waals surface area (Å²) in [6, 6.07) is 5.44. The molecule has 0 bridgehead atoms. The number of aromatic nitrogens is 1. The number of thiazole rings is 1. The lowest BCUT2D eigenvalue weighted by Crippen LogP contribution is -2.54. The van der Waals surface area contributed by atoms with E-state index in [1.54, 1.807) is 11.3 Å². The minimum atomic E-state index is -0.522. The van der Waals surface area contributed by atoms with Crippen molar-refractivity contribution in [3.63, 3.8) is 0 Å². The molecule has 2 aromatic rings. The molecular formula is C26H33Cl2N3O2S2. The van der Waals surface area contributed by atoms with Crippen molar-refractivity contribution in [2.75, 3.05) is 29.9 Å². The Balaban J connectivity index is 1.37. The maximum Gasteiger partial charge on any atom is 0.225 e. The summed E-state index contributed by atoms with van der Waals surface area (Å²) in [6.07, 6.45) is 2.26. The number of aliphatic hydroxyl groups excluding tert-OH is 1. The van der Waals surface area contributed by atoms with E-state index in [0.717, 1.165) is 54.7 Å². The van der Waals surface area contributed by atoms with Gasteiger partial charge in [-0.2, -0.15) is 11.8 Å². The Morgan fingerprint density at radius 1 is 1.29 bits per heavy atom. The fourth-order valence-electron chi connectivity index (χ4n) is 6.58. The first-order valence-corrected chi connectivity index (χ1v) is 15.2. The van der Waals surface area contributed by atoms with E-state index in [9.17, 15) is 9.90 Å². The molecule has 5 nitrogen and oxygen atoms in total. The molecule has 2 heterocycles. The number of carbonyl (C=O) groups is 1. The van der Waals surface area contributed by atoms with Crippen molar-refractivity contribution >= 4 is 63.0 Å². The molecule has 0 radical (unpaired) electrons. The highest BCUT2D eigenvalue weighted by atomic mass is 35.5. The zero-order chi connectivity index (χ0) is 24.9. The predicted molar refractivity (Wildman–Crippen MR) is 147 cm³/mol. The van der Waals surface area contributed by atoms with Gasteiger partial charge in [0.2, 0.25) is 5.91 Å². The number of nitrogens with one attached hydrogen (secondary N) is 1. The van der Waals surface area contributed by atoms with Gasteiger partial charge in [0.05, 0.1) is 27.5 Å². The van der Waals surface area contributed by atoms with Crippen molar-refractivity contribution in [3.8, 4) is 0 Å². The number of thioether (sulfide) groups is 1. The molecule has 0 spiro atoms. The molecule has 9 heteroatoms. The number of aliphatic hydroxyl groups is 1. The summed E-state index contributed by atoms with van der Waals surface area (Å²) >= 11 is 16.3. The molecule has 35 heavy (non-hydrogen) atoms. The van der Waals surface area contributed by atoms with Crippen LogP contribution in [0.4, 0.5) is 10.8 Å². The Labute approximate surface area is 226 Å². The van der Waals surface area contributed by atoms with Crippen LogP contribution >= 0.6 is 46.3 Å². The van der Waals surface area contributed by atoms with E-state index in [2.05, 4.69) is 19.2 Å². The van der Waals surface area contributed by atoms with Crippen LogP contribution in [-0.4, -0.2) is 51.6 Å². The maximum atomic E-state index is 13.3. The molecular weight excluding hydrogens is 521 g/mol. The zero-order valence-electron chi connectivity index (χ0n) is 20.4. The highest BCUT2D eigenvalue weighted by molar-refractivity contribution is 7.99. The van der Waals surface area contributed by atoms with Crippen molar-refractivity contribution in [2.45, 2.75) is 52.1 Å².